The number of likely N-dealkylation sites (N-methyl/N-ethyl adjacent to an activating group) is 1. The van der Waals surface area contributed by atoms with Crippen molar-refractivity contribution in [2.75, 3.05) is 43.7 Å². The van der Waals surface area contributed by atoms with E-state index in [1.165, 1.54) is 0 Å². The van der Waals surface area contributed by atoms with Crippen LogP contribution in [0.3, 0.4) is 0 Å². The van der Waals surface area contributed by atoms with Crippen molar-refractivity contribution in [3.63, 3.8) is 0 Å². The molecule has 0 amide bonds. The van der Waals surface area contributed by atoms with E-state index in [2.05, 4.69) is 20.4 Å². The molecular formula is C12H22N6O3. The normalized spacial score (nSPS) is 17.3. The summed E-state index contributed by atoms with van der Waals surface area (Å²) >= 11 is 0. The van der Waals surface area contributed by atoms with Gasteiger partial charge in [-0.3, -0.25) is 5.43 Å². The van der Waals surface area contributed by atoms with E-state index in [-0.39, 0.29) is 12.0 Å². The number of nitrogen functional groups attached to an aromatic ring is 1. The quantitative estimate of drug-likeness (QED) is 0.473. The first-order valence-electron chi connectivity index (χ1n) is 6.93. The van der Waals surface area contributed by atoms with Crippen molar-refractivity contribution in [1.82, 2.24) is 15.0 Å². The third-order valence-corrected chi connectivity index (χ3v) is 3.30. The highest BCUT2D eigenvalue weighted by Gasteiger charge is 2.32. The second-order valence-corrected chi connectivity index (χ2v) is 5.01. The Bertz CT molecular complexity index is 466. The largest absolute Gasteiger partial charge is 0.464 e. The Labute approximate surface area is 123 Å². The molecule has 0 aromatic carbocycles. The van der Waals surface area contributed by atoms with E-state index in [0.29, 0.717) is 45.2 Å². The smallest absolute Gasteiger partial charge is 0.323 e. The maximum atomic E-state index is 10.5. The first-order valence-corrected chi connectivity index (χ1v) is 6.93. The van der Waals surface area contributed by atoms with Gasteiger partial charge in [0.25, 0.3) is 0 Å². The number of nitrogens with two attached hydrogens (primary N) is 1. The van der Waals surface area contributed by atoms with Crippen LogP contribution in [-0.4, -0.2) is 59.1 Å². The van der Waals surface area contributed by atoms with Crippen LogP contribution in [0.2, 0.25) is 0 Å². The molecule has 1 aliphatic rings. The summed E-state index contributed by atoms with van der Waals surface area (Å²) in [6.07, 6.45) is 1.17. The van der Waals surface area contributed by atoms with E-state index in [0.717, 1.165) is 0 Å². The van der Waals surface area contributed by atoms with Gasteiger partial charge in [0.15, 0.2) is 0 Å². The van der Waals surface area contributed by atoms with Gasteiger partial charge in [-0.05, 0) is 6.92 Å². The summed E-state index contributed by atoms with van der Waals surface area (Å²) in [4.78, 5) is 14.1. The van der Waals surface area contributed by atoms with Gasteiger partial charge in [-0.15, -0.1) is 0 Å². The molecule has 0 atom stereocenters. The van der Waals surface area contributed by atoms with Gasteiger partial charge in [0.1, 0.15) is 0 Å². The van der Waals surface area contributed by atoms with Gasteiger partial charge < -0.3 is 19.5 Å². The molecule has 1 fully saturated rings. The average molecular weight is 298 g/mol. The molecule has 0 spiro atoms. The number of hydrazine groups is 1. The number of aliphatic hydroxyl groups is 1. The molecule has 2 heterocycles. The van der Waals surface area contributed by atoms with E-state index < -0.39 is 5.60 Å². The first kappa shape index (κ1) is 15.7. The van der Waals surface area contributed by atoms with Crippen LogP contribution in [0.15, 0.2) is 0 Å². The Morgan fingerprint density at radius 1 is 1.38 bits per heavy atom. The minimum absolute atomic E-state index is 0.196. The van der Waals surface area contributed by atoms with Crippen molar-refractivity contribution < 1.29 is 14.6 Å². The van der Waals surface area contributed by atoms with Crippen LogP contribution in [0.25, 0.3) is 0 Å². The Hall–Kier alpha value is -1.71. The van der Waals surface area contributed by atoms with E-state index in [9.17, 15) is 5.11 Å². The predicted octanol–water partition coefficient (Wildman–Crippen LogP) is -0.466. The Balaban J connectivity index is 2.13. The number of nitrogens with zero attached hydrogens (tertiary/aromatic N) is 4. The average Bonchev–Trinajstić information content (AvgIpc) is 2.47. The van der Waals surface area contributed by atoms with E-state index in [4.69, 9.17) is 15.3 Å². The standard InChI is InChI=1S/C12H22N6O3/c1-3-21-11-15-9(17-13)14-10(16-11)18(2)8-12(19)4-6-20-7-5-12/h19H,3-8,13H2,1-2H3,(H,14,15,16,17). The van der Waals surface area contributed by atoms with Crippen LogP contribution < -0.4 is 20.9 Å². The molecule has 0 saturated carbocycles. The number of rotatable bonds is 6. The predicted molar refractivity (Wildman–Crippen MR) is 77.1 cm³/mol. The zero-order valence-corrected chi connectivity index (χ0v) is 12.4. The van der Waals surface area contributed by atoms with Crippen LogP contribution in [0.5, 0.6) is 6.01 Å². The fourth-order valence-corrected chi connectivity index (χ4v) is 2.20. The van der Waals surface area contributed by atoms with Gasteiger partial charge >= 0.3 is 6.01 Å². The van der Waals surface area contributed by atoms with Crippen molar-refractivity contribution in [2.24, 2.45) is 5.84 Å². The van der Waals surface area contributed by atoms with Crippen LogP contribution in [0.1, 0.15) is 19.8 Å². The summed E-state index contributed by atoms with van der Waals surface area (Å²) in [6.45, 7) is 3.80. The SMILES string of the molecule is CCOc1nc(NN)nc(N(C)CC2(O)CCOCC2)n1. The maximum absolute atomic E-state index is 10.5. The fraction of sp³-hybridized carbons (Fsp3) is 0.750. The highest BCUT2D eigenvalue weighted by molar-refractivity contribution is 5.37. The van der Waals surface area contributed by atoms with E-state index in [1.54, 1.807) is 11.9 Å². The summed E-state index contributed by atoms with van der Waals surface area (Å²) < 4.78 is 10.6. The van der Waals surface area contributed by atoms with Gasteiger partial charge in [0.05, 0.1) is 12.2 Å². The van der Waals surface area contributed by atoms with Crippen LogP contribution in [-0.2, 0) is 4.74 Å². The molecule has 21 heavy (non-hydrogen) atoms. The number of anilines is 2. The first-order chi connectivity index (χ1) is 10.1. The molecule has 118 valence electrons. The van der Waals surface area contributed by atoms with Crippen LogP contribution in [0.4, 0.5) is 11.9 Å². The molecule has 9 heteroatoms. The van der Waals surface area contributed by atoms with Gasteiger partial charge in [0.2, 0.25) is 11.9 Å². The number of nitrogens with one attached hydrogen (secondary N) is 1. The zero-order chi connectivity index (χ0) is 15.3. The molecule has 4 N–H and O–H groups in total. The Morgan fingerprint density at radius 3 is 2.71 bits per heavy atom. The monoisotopic (exact) mass is 298 g/mol. The topological polar surface area (TPSA) is 119 Å². The number of hydrogen-bond donors (Lipinski definition) is 3. The molecule has 1 saturated heterocycles. The van der Waals surface area contributed by atoms with Gasteiger partial charge in [-0.25, -0.2) is 5.84 Å². The van der Waals surface area contributed by atoms with Crippen molar-refractivity contribution in [2.45, 2.75) is 25.4 Å². The molecule has 0 aliphatic carbocycles. The summed E-state index contributed by atoms with van der Waals surface area (Å²) in [5.74, 6) is 5.96. The minimum Gasteiger partial charge on any atom is -0.464 e. The minimum atomic E-state index is -0.804. The van der Waals surface area contributed by atoms with Crippen molar-refractivity contribution in [1.29, 1.82) is 0 Å². The maximum Gasteiger partial charge on any atom is 0.323 e. The summed E-state index contributed by atoms with van der Waals surface area (Å²) in [6, 6.07) is 0.196. The Kier molecular flexibility index (Phi) is 5.10. The zero-order valence-electron chi connectivity index (χ0n) is 12.4. The molecule has 0 radical (unpaired) electrons. The molecule has 0 unspecified atom stereocenters. The summed E-state index contributed by atoms with van der Waals surface area (Å²) in [5.41, 5.74) is 1.58. The van der Waals surface area contributed by atoms with E-state index in [1.807, 2.05) is 6.92 Å². The van der Waals surface area contributed by atoms with Crippen LogP contribution >= 0.6 is 0 Å². The van der Waals surface area contributed by atoms with E-state index >= 15 is 0 Å². The van der Waals surface area contributed by atoms with Gasteiger partial charge in [-0.2, -0.15) is 15.0 Å². The number of hydrogen-bond acceptors (Lipinski definition) is 9. The highest BCUT2D eigenvalue weighted by atomic mass is 16.5. The molecule has 0 bridgehead atoms. The Morgan fingerprint density at radius 2 is 2.10 bits per heavy atom. The second-order valence-electron chi connectivity index (χ2n) is 5.01. The molecule has 1 aromatic heterocycles. The number of aromatic nitrogens is 3. The molecule has 9 nitrogen and oxygen atoms in total. The van der Waals surface area contributed by atoms with Crippen molar-refractivity contribution >= 4 is 11.9 Å². The highest BCUT2D eigenvalue weighted by Crippen LogP contribution is 2.23. The lowest BCUT2D eigenvalue weighted by molar-refractivity contribution is -0.0574. The van der Waals surface area contributed by atoms with Crippen LogP contribution in [0, 0.1) is 0 Å². The third kappa shape index (κ3) is 4.13. The van der Waals surface area contributed by atoms with Gasteiger partial charge in [-0.1, -0.05) is 0 Å². The summed E-state index contributed by atoms with van der Waals surface area (Å²) in [7, 11) is 1.80. The molecule has 1 aromatic rings. The second kappa shape index (κ2) is 6.83. The lowest BCUT2D eigenvalue weighted by Crippen LogP contribution is -2.46. The summed E-state index contributed by atoms with van der Waals surface area (Å²) in [5, 5.41) is 10.5. The molecular weight excluding hydrogens is 276 g/mol. The lowest BCUT2D eigenvalue weighted by Gasteiger charge is -2.35. The molecule has 2 rings (SSSR count). The fourth-order valence-electron chi connectivity index (χ4n) is 2.20. The van der Waals surface area contributed by atoms with Crippen molar-refractivity contribution in [3.8, 4) is 6.01 Å². The third-order valence-electron chi connectivity index (χ3n) is 3.30. The molecule has 1 aliphatic heterocycles. The lowest BCUT2D eigenvalue weighted by atomic mass is 9.94. The van der Waals surface area contributed by atoms with Crippen molar-refractivity contribution in [3.05, 3.63) is 0 Å². The number of ether oxygens (including phenoxy) is 2. The van der Waals surface area contributed by atoms with Gasteiger partial charge in [0, 0.05) is 39.6 Å².